The van der Waals surface area contributed by atoms with Crippen molar-refractivity contribution in [3.8, 4) is 6.07 Å². The van der Waals surface area contributed by atoms with Crippen molar-refractivity contribution >= 4 is 34.1 Å². The van der Waals surface area contributed by atoms with Gasteiger partial charge in [0.05, 0.1) is 11.3 Å². The van der Waals surface area contributed by atoms with E-state index >= 15 is 0 Å². The van der Waals surface area contributed by atoms with Gasteiger partial charge in [0.25, 0.3) is 0 Å². The average molecular weight is 344 g/mol. The van der Waals surface area contributed by atoms with Gasteiger partial charge in [-0.3, -0.25) is 4.79 Å². The number of hydrogen-bond acceptors (Lipinski definition) is 6. The number of carbonyl (C=O) groups is 1. The molecule has 2 heterocycles. The van der Waals surface area contributed by atoms with Crippen molar-refractivity contribution in [3.63, 3.8) is 0 Å². The third-order valence-corrected chi connectivity index (χ3v) is 5.42. The number of thioether (sulfide) groups is 1. The number of carbonyl (C=O) groups excluding carboxylic acids is 1. The van der Waals surface area contributed by atoms with Crippen LogP contribution in [0.5, 0.6) is 0 Å². The summed E-state index contributed by atoms with van der Waals surface area (Å²) in [5, 5.41) is 15.1. The summed E-state index contributed by atoms with van der Waals surface area (Å²) >= 11 is 2.69. The average Bonchev–Trinajstić information content (AvgIpc) is 3.04. The van der Waals surface area contributed by atoms with E-state index in [1.54, 1.807) is 6.20 Å². The van der Waals surface area contributed by atoms with Gasteiger partial charge in [0, 0.05) is 17.3 Å². The summed E-state index contributed by atoms with van der Waals surface area (Å²) < 4.78 is 0. The van der Waals surface area contributed by atoms with Crippen LogP contribution in [0.1, 0.15) is 30.2 Å². The van der Waals surface area contributed by atoms with Crippen molar-refractivity contribution in [3.05, 3.63) is 34.5 Å². The van der Waals surface area contributed by atoms with E-state index in [0.29, 0.717) is 21.6 Å². The zero-order valence-corrected chi connectivity index (χ0v) is 14.3. The first-order valence-corrected chi connectivity index (χ1v) is 9.27. The molecule has 5 nitrogen and oxygen atoms in total. The molecule has 0 aromatic carbocycles. The Balaban J connectivity index is 1.70. The Hall–Kier alpha value is -1.91. The highest BCUT2D eigenvalue weighted by Gasteiger charge is 2.19. The Bertz CT molecular complexity index is 752. The highest BCUT2D eigenvalue weighted by Crippen LogP contribution is 2.29. The molecular formula is C16H16N4OS2. The molecule has 118 valence electrons. The predicted octanol–water partition coefficient (Wildman–Crippen LogP) is 3.27. The van der Waals surface area contributed by atoms with E-state index in [2.05, 4.69) is 28.3 Å². The third-order valence-electron chi connectivity index (χ3n) is 3.74. The maximum atomic E-state index is 11.9. The van der Waals surface area contributed by atoms with Gasteiger partial charge in [-0.05, 0) is 36.8 Å². The molecule has 3 rings (SSSR count). The lowest BCUT2D eigenvalue weighted by Gasteiger charge is -2.21. The summed E-state index contributed by atoms with van der Waals surface area (Å²) in [5.74, 6) is 0.719. The Morgan fingerprint density at radius 2 is 2.48 bits per heavy atom. The number of nitrogens with one attached hydrogen (secondary N) is 1. The number of thiazole rings is 1. The lowest BCUT2D eigenvalue weighted by Crippen LogP contribution is -2.16. The zero-order valence-electron chi connectivity index (χ0n) is 12.7. The topological polar surface area (TPSA) is 78.7 Å². The Kier molecular flexibility index (Phi) is 4.94. The fourth-order valence-corrected chi connectivity index (χ4v) is 3.91. The number of aryl methyl sites for hydroxylation is 1. The smallest absolute Gasteiger partial charge is 0.236 e. The van der Waals surface area contributed by atoms with Crippen LogP contribution in [0.25, 0.3) is 0 Å². The van der Waals surface area contributed by atoms with E-state index in [9.17, 15) is 10.1 Å². The maximum absolute atomic E-state index is 11.9. The molecule has 1 unspecified atom stereocenters. The SMILES string of the molecule is CC1CCc2nc(SCC(=O)Nc3nccs3)c(C#N)cc2C1. The lowest BCUT2D eigenvalue weighted by atomic mass is 9.87. The van der Waals surface area contributed by atoms with Gasteiger partial charge in [-0.15, -0.1) is 11.3 Å². The molecule has 0 spiro atoms. The van der Waals surface area contributed by atoms with Crippen LogP contribution in [0, 0.1) is 17.2 Å². The number of anilines is 1. The molecule has 1 N–H and O–H groups in total. The lowest BCUT2D eigenvalue weighted by molar-refractivity contribution is -0.113. The molecule has 1 amide bonds. The molecule has 0 radical (unpaired) electrons. The van der Waals surface area contributed by atoms with Crippen LogP contribution < -0.4 is 5.32 Å². The van der Waals surface area contributed by atoms with Crippen LogP contribution in [0.4, 0.5) is 5.13 Å². The second-order valence-corrected chi connectivity index (χ2v) is 7.44. The second kappa shape index (κ2) is 7.11. The van der Waals surface area contributed by atoms with Crippen LogP contribution in [-0.2, 0) is 17.6 Å². The van der Waals surface area contributed by atoms with Crippen molar-refractivity contribution < 1.29 is 4.79 Å². The van der Waals surface area contributed by atoms with Gasteiger partial charge >= 0.3 is 0 Å². The number of fused-ring (bicyclic) bond motifs is 1. The van der Waals surface area contributed by atoms with E-state index in [1.165, 1.54) is 28.7 Å². The van der Waals surface area contributed by atoms with Crippen LogP contribution in [-0.4, -0.2) is 21.6 Å². The number of pyridine rings is 1. The molecule has 0 saturated heterocycles. The predicted molar refractivity (Wildman–Crippen MR) is 91.6 cm³/mol. The molecule has 0 fully saturated rings. The number of nitrogens with zero attached hydrogens (tertiary/aromatic N) is 3. The molecule has 1 atom stereocenters. The van der Waals surface area contributed by atoms with Gasteiger partial charge in [-0.2, -0.15) is 5.26 Å². The number of nitriles is 1. The first-order chi connectivity index (χ1) is 11.2. The maximum Gasteiger partial charge on any atom is 0.236 e. The van der Waals surface area contributed by atoms with E-state index < -0.39 is 0 Å². The van der Waals surface area contributed by atoms with Crippen molar-refractivity contribution in [1.82, 2.24) is 9.97 Å². The van der Waals surface area contributed by atoms with Gasteiger partial charge in [0.15, 0.2) is 5.13 Å². The number of amides is 1. The van der Waals surface area contributed by atoms with Gasteiger partial charge in [0.1, 0.15) is 11.1 Å². The molecule has 23 heavy (non-hydrogen) atoms. The minimum atomic E-state index is -0.137. The monoisotopic (exact) mass is 344 g/mol. The summed E-state index contributed by atoms with van der Waals surface area (Å²) in [6.45, 7) is 2.22. The second-order valence-electron chi connectivity index (χ2n) is 5.58. The van der Waals surface area contributed by atoms with E-state index in [1.807, 2.05) is 11.4 Å². The Labute approximate surface area is 143 Å². The van der Waals surface area contributed by atoms with Crippen LogP contribution in [0.15, 0.2) is 22.7 Å². The van der Waals surface area contributed by atoms with Crippen LogP contribution in [0.2, 0.25) is 0 Å². The molecule has 7 heteroatoms. The molecule has 0 aliphatic heterocycles. The largest absolute Gasteiger partial charge is 0.301 e. The summed E-state index contributed by atoms with van der Waals surface area (Å²) in [7, 11) is 0. The summed E-state index contributed by atoms with van der Waals surface area (Å²) in [6.07, 6.45) is 4.70. The molecule has 2 aromatic rings. The zero-order chi connectivity index (χ0) is 16.2. The van der Waals surface area contributed by atoms with Crippen LogP contribution >= 0.6 is 23.1 Å². The normalized spacial score (nSPS) is 16.4. The van der Waals surface area contributed by atoms with Gasteiger partial charge < -0.3 is 5.32 Å². The first kappa shape index (κ1) is 16.0. The van der Waals surface area contributed by atoms with E-state index in [4.69, 9.17) is 0 Å². The summed E-state index contributed by atoms with van der Waals surface area (Å²) in [6, 6.07) is 4.15. The molecule has 0 saturated carbocycles. The molecular weight excluding hydrogens is 328 g/mol. The van der Waals surface area contributed by atoms with Gasteiger partial charge in [-0.1, -0.05) is 18.7 Å². The molecule has 1 aliphatic rings. The van der Waals surface area contributed by atoms with Crippen molar-refractivity contribution in [2.75, 3.05) is 11.1 Å². The highest BCUT2D eigenvalue weighted by atomic mass is 32.2. The number of hydrogen-bond donors (Lipinski definition) is 1. The summed E-state index contributed by atoms with van der Waals surface area (Å²) in [4.78, 5) is 20.6. The third kappa shape index (κ3) is 3.89. The van der Waals surface area contributed by atoms with Gasteiger partial charge in [0.2, 0.25) is 5.91 Å². The number of aromatic nitrogens is 2. The highest BCUT2D eigenvalue weighted by molar-refractivity contribution is 8.00. The molecule has 2 aromatic heterocycles. The van der Waals surface area contributed by atoms with E-state index in [0.717, 1.165) is 25.0 Å². The van der Waals surface area contributed by atoms with Gasteiger partial charge in [-0.25, -0.2) is 9.97 Å². The van der Waals surface area contributed by atoms with Crippen molar-refractivity contribution in [2.24, 2.45) is 5.92 Å². The Morgan fingerprint density at radius 1 is 1.61 bits per heavy atom. The van der Waals surface area contributed by atoms with Crippen LogP contribution in [0.3, 0.4) is 0 Å². The first-order valence-electron chi connectivity index (χ1n) is 7.40. The molecule has 1 aliphatic carbocycles. The standard InChI is InChI=1S/C16H16N4OS2/c1-10-2-3-13-11(6-10)7-12(8-17)15(19-13)23-9-14(21)20-16-18-4-5-22-16/h4-5,7,10H,2-3,6,9H2,1H3,(H,18,20,21). The summed E-state index contributed by atoms with van der Waals surface area (Å²) in [5.41, 5.74) is 2.81. The van der Waals surface area contributed by atoms with Crippen molar-refractivity contribution in [2.45, 2.75) is 31.2 Å². The fourth-order valence-electron chi connectivity index (χ4n) is 2.59. The number of rotatable bonds is 4. The minimum absolute atomic E-state index is 0.137. The minimum Gasteiger partial charge on any atom is -0.301 e. The van der Waals surface area contributed by atoms with E-state index in [-0.39, 0.29) is 11.7 Å². The molecule has 0 bridgehead atoms. The van der Waals surface area contributed by atoms with Crippen molar-refractivity contribution in [1.29, 1.82) is 5.26 Å². The Morgan fingerprint density at radius 3 is 3.22 bits per heavy atom. The fraction of sp³-hybridized carbons (Fsp3) is 0.375. The quantitative estimate of drug-likeness (QED) is 0.861.